The molecule has 2 aromatic heterocycles. The van der Waals surface area contributed by atoms with Crippen molar-refractivity contribution in [2.75, 3.05) is 30.3 Å². The number of hydrogen-bond acceptors (Lipinski definition) is 7. The lowest BCUT2D eigenvalue weighted by atomic mass is 10.2. The smallest absolute Gasteiger partial charge is 0.251 e. The van der Waals surface area contributed by atoms with E-state index in [0.29, 0.717) is 30.0 Å². The topological polar surface area (TPSA) is 105 Å². The van der Waals surface area contributed by atoms with Gasteiger partial charge in [-0.1, -0.05) is 0 Å². The van der Waals surface area contributed by atoms with Gasteiger partial charge in [0.25, 0.3) is 5.91 Å². The second-order valence-corrected chi connectivity index (χ2v) is 5.66. The normalized spacial score (nSPS) is 10.5. The predicted molar refractivity (Wildman–Crippen MR) is 101 cm³/mol. The first-order valence-corrected chi connectivity index (χ1v) is 8.48. The van der Waals surface area contributed by atoms with Gasteiger partial charge in [0.1, 0.15) is 17.5 Å². The van der Waals surface area contributed by atoms with Crippen LogP contribution in [0, 0.1) is 6.92 Å². The van der Waals surface area contributed by atoms with Gasteiger partial charge in [-0.2, -0.15) is 0 Å². The van der Waals surface area contributed by atoms with E-state index in [1.807, 2.05) is 19.9 Å². The van der Waals surface area contributed by atoms with Crippen LogP contribution in [0.4, 0.5) is 11.6 Å². The third-order valence-electron chi connectivity index (χ3n) is 3.64. The molecule has 1 amide bonds. The van der Waals surface area contributed by atoms with Crippen LogP contribution in [0.3, 0.4) is 0 Å². The minimum atomic E-state index is -0.147. The lowest BCUT2D eigenvalue weighted by molar-refractivity contribution is 0.0955. The van der Waals surface area contributed by atoms with Crippen LogP contribution in [0.5, 0.6) is 0 Å². The molecule has 0 bridgehead atoms. The molecule has 0 spiro atoms. The van der Waals surface area contributed by atoms with E-state index < -0.39 is 0 Å². The number of aryl methyl sites for hydroxylation is 1. The average molecular weight is 351 g/mol. The number of rotatable bonds is 7. The van der Waals surface area contributed by atoms with Gasteiger partial charge >= 0.3 is 0 Å². The van der Waals surface area contributed by atoms with Gasteiger partial charge in [-0.3, -0.25) is 14.8 Å². The zero-order valence-corrected chi connectivity index (χ0v) is 14.8. The number of benzene rings is 1. The van der Waals surface area contributed by atoms with E-state index in [0.717, 1.165) is 23.7 Å². The fourth-order valence-corrected chi connectivity index (χ4v) is 2.50. The second-order valence-electron chi connectivity index (χ2n) is 5.66. The van der Waals surface area contributed by atoms with Gasteiger partial charge in [-0.25, -0.2) is 9.97 Å². The van der Waals surface area contributed by atoms with Crippen molar-refractivity contribution in [2.45, 2.75) is 13.8 Å². The number of fused-ring (bicyclic) bond motifs is 1. The van der Waals surface area contributed by atoms with E-state index in [1.54, 1.807) is 30.6 Å². The zero-order chi connectivity index (χ0) is 18.4. The number of nitrogens with one attached hydrogen (secondary N) is 3. The molecule has 0 radical (unpaired) electrons. The number of nitrogens with zero attached hydrogens (tertiary/aromatic N) is 4. The molecule has 3 aromatic rings. The third kappa shape index (κ3) is 4.41. The molecule has 0 atom stereocenters. The molecule has 8 heteroatoms. The monoisotopic (exact) mass is 351 g/mol. The molecule has 26 heavy (non-hydrogen) atoms. The largest absolute Gasteiger partial charge is 0.370 e. The second kappa shape index (κ2) is 8.19. The molecule has 0 saturated carbocycles. The fourth-order valence-electron chi connectivity index (χ4n) is 2.50. The summed E-state index contributed by atoms with van der Waals surface area (Å²) < 4.78 is 0. The summed E-state index contributed by atoms with van der Waals surface area (Å²) >= 11 is 0. The Hall–Kier alpha value is -3.29. The van der Waals surface area contributed by atoms with Gasteiger partial charge < -0.3 is 16.0 Å². The van der Waals surface area contributed by atoms with Crippen LogP contribution in [0.2, 0.25) is 0 Å². The Morgan fingerprint density at radius 2 is 1.69 bits per heavy atom. The molecule has 2 heterocycles. The van der Waals surface area contributed by atoms with Crippen molar-refractivity contribution in [3.63, 3.8) is 0 Å². The Morgan fingerprint density at radius 3 is 2.46 bits per heavy atom. The first-order valence-electron chi connectivity index (χ1n) is 8.48. The summed E-state index contributed by atoms with van der Waals surface area (Å²) in [4.78, 5) is 29.3. The zero-order valence-electron chi connectivity index (χ0n) is 14.8. The molecule has 0 aliphatic rings. The average Bonchev–Trinajstić information content (AvgIpc) is 2.64. The van der Waals surface area contributed by atoms with Crippen molar-refractivity contribution < 1.29 is 4.79 Å². The van der Waals surface area contributed by atoms with Crippen molar-refractivity contribution in [3.8, 4) is 0 Å². The molecule has 0 unspecified atom stereocenters. The van der Waals surface area contributed by atoms with Crippen molar-refractivity contribution >= 4 is 28.6 Å². The molecule has 0 aliphatic heterocycles. The summed E-state index contributed by atoms with van der Waals surface area (Å²) in [5, 5.41) is 9.23. The molecule has 8 nitrogen and oxygen atoms in total. The summed E-state index contributed by atoms with van der Waals surface area (Å²) in [6, 6.07) is 7.12. The van der Waals surface area contributed by atoms with E-state index >= 15 is 0 Å². The maximum atomic E-state index is 12.3. The Bertz CT molecular complexity index is 913. The summed E-state index contributed by atoms with van der Waals surface area (Å²) in [5.41, 5.74) is 2.03. The Morgan fingerprint density at radius 1 is 0.962 bits per heavy atom. The molecular formula is C18H21N7O. The molecule has 1 aromatic carbocycles. The number of carbonyl (C=O) groups excluding carboxylic acids is 1. The van der Waals surface area contributed by atoms with Crippen LogP contribution in [0.1, 0.15) is 23.1 Å². The first-order chi connectivity index (χ1) is 12.7. The summed E-state index contributed by atoms with van der Waals surface area (Å²) in [5.74, 6) is 2.05. The highest BCUT2D eigenvalue weighted by Gasteiger charge is 2.07. The van der Waals surface area contributed by atoms with E-state index in [2.05, 4.69) is 35.9 Å². The number of amides is 1. The quantitative estimate of drug-likeness (QED) is 0.559. The Balaban J connectivity index is 1.53. The van der Waals surface area contributed by atoms with Gasteiger partial charge in [0, 0.05) is 43.7 Å². The van der Waals surface area contributed by atoms with Crippen molar-refractivity contribution in [2.24, 2.45) is 0 Å². The van der Waals surface area contributed by atoms with Crippen molar-refractivity contribution in [1.29, 1.82) is 0 Å². The number of aromatic nitrogens is 4. The SMILES string of the molecule is CCNc1cc(NCCNC(=O)c2ccc3nccnc3c2)nc(C)n1. The number of carbonyl (C=O) groups is 1. The van der Waals surface area contributed by atoms with E-state index in [9.17, 15) is 4.79 Å². The third-order valence-corrected chi connectivity index (χ3v) is 3.64. The van der Waals surface area contributed by atoms with Crippen LogP contribution in [-0.2, 0) is 0 Å². The molecule has 134 valence electrons. The molecular weight excluding hydrogens is 330 g/mol. The van der Waals surface area contributed by atoms with Crippen LogP contribution in [0.25, 0.3) is 11.0 Å². The minimum Gasteiger partial charge on any atom is -0.370 e. The van der Waals surface area contributed by atoms with E-state index in [-0.39, 0.29) is 5.91 Å². The maximum Gasteiger partial charge on any atom is 0.251 e. The van der Waals surface area contributed by atoms with Crippen LogP contribution in [-0.4, -0.2) is 45.5 Å². The highest BCUT2D eigenvalue weighted by atomic mass is 16.1. The lowest BCUT2D eigenvalue weighted by Gasteiger charge is -2.10. The predicted octanol–water partition coefficient (Wildman–Crippen LogP) is 2.00. The van der Waals surface area contributed by atoms with Crippen LogP contribution >= 0.6 is 0 Å². The lowest BCUT2D eigenvalue weighted by Crippen LogP contribution is -2.29. The van der Waals surface area contributed by atoms with Gasteiger partial charge in [0.2, 0.25) is 0 Å². The van der Waals surface area contributed by atoms with Crippen LogP contribution in [0.15, 0.2) is 36.7 Å². The molecule has 0 aliphatic carbocycles. The number of anilines is 2. The molecule has 0 saturated heterocycles. The highest BCUT2D eigenvalue weighted by molar-refractivity contribution is 5.97. The summed E-state index contributed by atoms with van der Waals surface area (Å²) in [6.07, 6.45) is 3.24. The van der Waals surface area contributed by atoms with Gasteiger partial charge in [-0.05, 0) is 32.0 Å². The van der Waals surface area contributed by atoms with E-state index in [4.69, 9.17) is 0 Å². The Kier molecular flexibility index (Phi) is 5.52. The molecule has 3 rings (SSSR count). The van der Waals surface area contributed by atoms with E-state index in [1.165, 1.54) is 0 Å². The number of hydrogen-bond donors (Lipinski definition) is 3. The fraction of sp³-hybridized carbons (Fsp3) is 0.278. The highest BCUT2D eigenvalue weighted by Crippen LogP contribution is 2.11. The molecule has 3 N–H and O–H groups in total. The van der Waals surface area contributed by atoms with Crippen molar-refractivity contribution in [3.05, 3.63) is 48.0 Å². The minimum absolute atomic E-state index is 0.147. The standard InChI is InChI=1S/C18H21N7O/c1-3-19-16-11-17(25-12(2)24-16)22-8-9-23-18(26)13-4-5-14-15(10-13)21-7-6-20-14/h4-7,10-11H,3,8-9H2,1-2H3,(H,23,26)(H2,19,22,24,25). The summed E-state index contributed by atoms with van der Waals surface area (Å²) in [7, 11) is 0. The van der Waals surface area contributed by atoms with Gasteiger partial charge in [0.05, 0.1) is 11.0 Å². The molecule has 0 fully saturated rings. The summed E-state index contributed by atoms with van der Waals surface area (Å²) in [6.45, 7) is 5.68. The van der Waals surface area contributed by atoms with Gasteiger partial charge in [-0.15, -0.1) is 0 Å². The van der Waals surface area contributed by atoms with Gasteiger partial charge in [0.15, 0.2) is 0 Å². The Labute approximate surface area is 151 Å². The van der Waals surface area contributed by atoms with Crippen molar-refractivity contribution in [1.82, 2.24) is 25.3 Å². The van der Waals surface area contributed by atoms with Crippen LogP contribution < -0.4 is 16.0 Å². The maximum absolute atomic E-state index is 12.3. The first kappa shape index (κ1) is 17.5.